The van der Waals surface area contributed by atoms with Crippen molar-refractivity contribution in [2.45, 2.75) is 85.5 Å². The molecule has 2 aliphatic carbocycles. The largest absolute Gasteiger partial charge is 0.310 e. The fraction of sp³-hybridized carbons (Fsp3) is 0.265. The summed E-state index contributed by atoms with van der Waals surface area (Å²) in [6.45, 7) is 23.2. The van der Waals surface area contributed by atoms with Crippen LogP contribution >= 0.6 is 0 Å². The molecule has 50 heavy (non-hydrogen) atoms. The zero-order valence-corrected chi connectivity index (χ0v) is 31.4. The van der Waals surface area contributed by atoms with Gasteiger partial charge in [0.05, 0.1) is 5.69 Å². The normalized spacial score (nSPS) is 14.9. The van der Waals surface area contributed by atoms with E-state index in [0.717, 1.165) is 0 Å². The maximum absolute atomic E-state index is 2.52. The molecule has 0 radical (unpaired) electrons. The van der Waals surface area contributed by atoms with Gasteiger partial charge in [-0.3, -0.25) is 0 Å². The lowest BCUT2D eigenvalue weighted by Gasteiger charge is -2.31. The Morgan fingerprint density at radius 2 is 0.920 bits per heavy atom. The summed E-state index contributed by atoms with van der Waals surface area (Å²) in [6, 6.07) is 44.1. The quantitative estimate of drug-likeness (QED) is 0.183. The van der Waals surface area contributed by atoms with Crippen LogP contribution in [0.15, 0.2) is 115 Å². The second kappa shape index (κ2) is 11.1. The third-order valence-corrected chi connectivity index (χ3v) is 11.7. The van der Waals surface area contributed by atoms with E-state index < -0.39 is 0 Å². The Balaban J connectivity index is 1.36. The van der Waals surface area contributed by atoms with E-state index in [0.29, 0.717) is 0 Å². The number of anilines is 3. The summed E-state index contributed by atoms with van der Waals surface area (Å²) in [6.07, 6.45) is 0. The maximum atomic E-state index is 2.52. The number of hydrogen-bond acceptors (Lipinski definition) is 1. The van der Waals surface area contributed by atoms with Crippen LogP contribution in [0, 0.1) is 20.8 Å². The highest BCUT2D eigenvalue weighted by Crippen LogP contribution is 2.54. The van der Waals surface area contributed by atoms with E-state index in [4.69, 9.17) is 0 Å². The van der Waals surface area contributed by atoms with Crippen molar-refractivity contribution >= 4 is 17.1 Å². The van der Waals surface area contributed by atoms with Crippen molar-refractivity contribution in [3.63, 3.8) is 0 Å². The lowest BCUT2D eigenvalue weighted by Crippen LogP contribution is -2.19. The van der Waals surface area contributed by atoms with Gasteiger partial charge in [-0.1, -0.05) is 139 Å². The molecule has 2 aliphatic rings. The molecule has 0 unspecified atom stereocenters. The molecule has 1 heteroatoms. The molecule has 0 spiro atoms. The van der Waals surface area contributed by atoms with Gasteiger partial charge in [0.25, 0.3) is 0 Å². The molecule has 0 N–H and O–H groups in total. The smallest absolute Gasteiger partial charge is 0.0540 e. The predicted octanol–water partition coefficient (Wildman–Crippen LogP) is 13.7. The SMILES string of the molecule is Cc1cc(C)c(-c2ccccc2N(c2ccc3c(c2)C(C)(C)c2ccccc2-3)c2ccc3c(c2)C(C)(C)c2cc(C(C)(C)C)ccc2-3)c(C)c1. The summed E-state index contributed by atoms with van der Waals surface area (Å²) in [5.74, 6) is 0. The first kappa shape index (κ1) is 32.3. The molecule has 6 aromatic carbocycles. The van der Waals surface area contributed by atoms with Crippen LogP contribution in [0.3, 0.4) is 0 Å². The first-order chi connectivity index (χ1) is 23.7. The van der Waals surface area contributed by atoms with Gasteiger partial charge in [-0.15, -0.1) is 0 Å². The molecule has 0 heterocycles. The molecule has 0 bridgehead atoms. The maximum Gasteiger partial charge on any atom is 0.0540 e. The van der Waals surface area contributed by atoms with Crippen LogP contribution in [0.1, 0.15) is 93.0 Å². The van der Waals surface area contributed by atoms with Crippen LogP contribution in [-0.4, -0.2) is 0 Å². The molecule has 0 aliphatic heterocycles. The van der Waals surface area contributed by atoms with Gasteiger partial charge in [-0.2, -0.15) is 0 Å². The predicted molar refractivity (Wildman–Crippen MR) is 215 cm³/mol. The van der Waals surface area contributed by atoms with E-state index in [-0.39, 0.29) is 16.2 Å². The molecular formula is C49H49N. The fourth-order valence-corrected chi connectivity index (χ4v) is 9.07. The first-order valence-corrected chi connectivity index (χ1v) is 18.2. The zero-order valence-electron chi connectivity index (χ0n) is 31.4. The Hall–Kier alpha value is -4.88. The van der Waals surface area contributed by atoms with Crippen LogP contribution in [0.2, 0.25) is 0 Å². The molecule has 0 amide bonds. The second-order valence-corrected chi connectivity index (χ2v) is 16.9. The number of hydrogen-bond donors (Lipinski definition) is 0. The van der Waals surface area contributed by atoms with Crippen LogP contribution < -0.4 is 4.90 Å². The summed E-state index contributed by atoms with van der Waals surface area (Å²) >= 11 is 0. The van der Waals surface area contributed by atoms with E-state index in [1.165, 1.54) is 95.0 Å². The topological polar surface area (TPSA) is 3.24 Å². The molecule has 250 valence electrons. The van der Waals surface area contributed by atoms with Crippen molar-refractivity contribution < 1.29 is 0 Å². The van der Waals surface area contributed by atoms with Crippen molar-refractivity contribution in [2.75, 3.05) is 4.90 Å². The average molecular weight is 652 g/mol. The van der Waals surface area contributed by atoms with Gasteiger partial charge in [0.1, 0.15) is 0 Å². The molecule has 0 fully saturated rings. The Kier molecular flexibility index (Phi) is 7.15. The van der Waals surface area contributed by atoms with Gasteiger partial charge < -0.3 is 4.90 Å². The van der Waals surface area contributed by atoms with Gasteiger partial charge in [-0.05, 0) is 123 Å². The third-order valence-electron chi connectivity index (χ3n) is 11.7. The highest BCUT2D eigenvalue weighted by molar-refractivity contribution is 5.93. The highest BCUT2D eigenvalue weighted by Gasteiger charge is 2.38. The minimum absolute atomic E-state index is 0.0937. The van der Waals surface area contributed by atoms with E-state index in [9.17, 15) is 0 Å². The monoisotopic (exact) mass is 651 g/mol. The van der Waals surface area contributed by atoms with E-state index in [1.807, 2.05) is 0 Å². The lowest BCUT2D eigenvalue weighted by atomic mass is 9.79. The van der Waals surface area contributed by atoms with Crippen molar-refractivity contribution in [3.8, 4) is 33.4 Å². The van der Waals surface area contributed by atoms with E-state index >= 15 is 0 Å². The zero-order chi connectivity index (χ0) is 35.3. The van der Waals surface area contributed by atoms with Crippen LogP contribution in [-0.2, 0) is 16.2 Å². The van der Waals surface area contributed by atoms with Crippen LogP contribution in [0.4, 0.5) is 17.1 Å². The fourth-order valence-electron chi connectivity index (χ4n) is 9.07. The molecule has 6 aromatic rings. The second-order valence-electron chi connectivity index (χ2n) is 16.9. The first-order valence-electron chi connectivity index (χ1n) is 18.2. The van der Waals surface area contributed by atoms with E-state index in [2.05, 4.69) is 189 Å². The standard InChI is InChI=1S/C49H49N/c1-30-25-31(2)46(32(3)26-30)40-16-12-14-18-45(40)50(34-20-23-38-36-15-11-13-17-41(36)48(7,8)43(38)28-34)35-21-24-39-37-22-19-33(47(4,5)6)27-42(37)49(9,10)44(39)29-35/h11-29H,1-10H3. The number of rotatable bonds is 4. The van der Waals surface area contributed by atoms with Crippen molar-refractivity contribution in [2.24, 2.45) is 0 Å². The highest BCUT2D eigenvalue weighted by atomic mass is 15.1. The Morgan fingerprint density at radius 1 is 0.460 bits per heavy atom. The molecule has 8 rings (SSSR count). The molecule has 1 nitrogen and oxygen atoms in total. The number of benzene rings is 6. The van der Waals surface area contributed by atoms with Gasteiger partial charge >= 0.3 is 0 Å². The molecule has 0 saturated carbocycles. The Labute approximate surface area is 299 Å². The number of para-hydroxylation sites is 1. The molecule has 0 saturated heterocycles. The molecular weight excluding hydrogens is 603 g/mol. The Morgan fingerprint density at radius 3 is 1.50 bits per heavy atom. The third kappa shape index (κ3) is 4.81. The summed E-state index contributed by atoms with van der Waals surface area (Å²) in [5, 5.41) is 0. The molecule has 0 atom stereocenters. The lowest BCUT2D eigenvalue weighted by molar-refractivity contribution is 0.584. The van der Waals surface area contributed by atoms with Gasteiger partial charge in [0.2, 0.25) is 0 Å². The van der Waals surface area contributed by atoms with E-state index in [1.54, 1.807) is 0 Å². The van der Waals surface area contributed by atoms with Gasteiger partial charge in [-0.25, -0.2) is 0 Å². The van der Waals surface area contributed by atoms with Crippen LogP contribution in [0.5, 0.6) is 0 Å². The van der Waals surface area contributed by atoms with Gasteiger partial charge in [0.15, 0.2) is 0 Å². The van der Waals surface area contributed by atoms with Crippen molar-refractivity contribution in [1.82, 2.24) is 0 Å². The van der Waals surface area contributed by atoms with Gasteiger partial charge in [0, 0.05) is 27.8 Å². The number of aryl methyl sites for hydroxylation is 3. The van der Waals surface area contributed by atoms with Crippen molar-refractivity contribution in [3.05, 3.63) is 160 Å². The Bertz CT molecular complexity index is 2320. The minimum Gasteiger partial charge on any atom is -0.310 e. The van der Waals surface area contributed by atoms with Crippen LogP contribution in [0.25, 0.3) is 33.4 Å². The summed E-state index contributed by atoms with van der Waals surface area (Å²) < 4.78 is 0. The molecule has 0 aromatic heterocycles. The minimum atomic E-state index is -0.126. The summed E-state index contributed by atoms with van der Waals surface area (Å²) in [5.41, 5.74) is 22.3. The summed E-state index contributed by atoms with van der Waals surface area (Å²) in [7, 11) is 0. The van der Waals surface area contributed by atoms with Crippen molar-refractivity contribution in [1.29, 1.82) is 0 Å². The number of nitrogens with zero attached hydrogens (tertiary/aromatic N) is 1. The average Bonchev–Trinajstić information content (AvgIpc) is 3.44. The number of fused-ring (bicyclic) bond motifs is 6. The summed E-state index contributed by atoms with van der Waals surface area (Å²) in [4.78, 5) is 2.52.